The molecule has 27 heavy (non-hydrogen) atoms. The van der Waals surface area contributed by atoms with E-state index in [9.17, 15) is 4.79 Å². The maximum Gasteiger partial charge on any atom is 0.276 e. The second-order valence-corrected chi connectivity index (χ2v) is 6.84. The van der Waals surface area contributed by atoms with Crippen LogP contribution in [-0.2, 0) is 4.74 Å². The van der Waals surface area contributed by atoms with Gasteiger partial charge in [0.2, 0.25) is 5.43 Å². The summed E-state index contributed by atoms with van der Waals surface area (Å²) in [7, 11) is 0. The highest BCUT2D eigenvalue weighted by Crippen LogP contribution is 2.25. The van der Waals surface area contributed by atoms with Crippen molar-refractivity contribution in [1.29, 1.82) is 0 Å². The Hall–Kier alpha value is -2.68. The number of rotatable bonds is 7. The predicted molar refractivity (Wildman–Crippen MR) is 104 cm³/mol. The van der Waals surface area contributed by atoms with Crippen LogP contribution in [0.1, 0.15) is 0 Å². The Morgan fingerprint density at radius 1 is 1.11 bits per heavy atom. The molecule has 0 saturated heterocycles. The van der Waals surface area contributed by atoms with Gasteiger partial charge in [-0.15, -0.1) is 10.2 Å². The lowest BCUT2D eigenvalue weighted by Gasteiger charge is -2.04. The first kappa shape index (κ1) is 17.7. The Morgan fingerprint density at radius 3 is 2.89 bits per heavy atom. The Labute approximate surface area is 158 Å². The number of aromatic nitrogens is 3. The van der Waals surface area contributed by atoms with E-state index in [2.05, 4.69) is 15.2 Å². The van der Waals surface area contributed by atoms with E-state index in [0.29, 0.717) is 35.1 Å². The lowest BCUT2D eigenvalue weighted by Crippen LogP contribution is -2.06. The molecule has 4 rings (SSSR count). The Bertz CT molecular complexity index is 1140. The number of aliphatic hydroxyl groups excluding tert-OH is 1. The van der Waals surface area contributed by atoms with Crippen molar-refractivity contribution in [2.24, 2.45) is 0 Å². The van der Waals surface area contributed by atoms with Crippen LogP contribution >= 0.6 is 11.8 Å². The standard InChI is InChI=1S/C19H17N3O4S/c23-7-8-25-9-10-27-19-22-21-18(26-19)15-11-20-16-13-4-2-1-3-12(13)5-6-14(16)17(15)24/h1-6,11,23H,7-10H2,(H,20,24). The number of thioether (sulfide) groups is 1. The molecule has 2 heterocycles. The summed E-state index contributed by atoms with van der Waals surface area (Å²) in [5.74, 6) is 0.798. The summed E-state index contributed by atoms with van der Waals surface area (Å²) < 4.78 is 10.8. The second-order valence-electron chi connectivity index (χ2n) is 5.80. The molecule has 0 radical (unpaired) electrons. The number of H-pyrrole nitrogens is 1. The van der Waals surface area contributed by atoms with Gasteiger partial charge in [0.05, 0.1) is 25.3 Å². The topological polar surface area (TPSA) is 101 Å². The number of aliphatic hydroxyl groups is 1. The molecule has 0 saturated carbocycles. The van der Waals surface area contributed by atoms with E-state index in [-0.39, 0.29) is 17.9 Å². The average Bonchev–Trinajstić information content (AvgIpc) is 3.16. The Morgan fingerprint density at radius 2 is 2.00 bits per heavy atom. The highest BCUT2D eigenvalue weighted by atomic mass is 32.2. The number of aromatic amines is 1. The smallest absolute Gasteiger partial charge is 0.276 e. The zero-order valence-corrected chi connectivity index (χ0v) is 15.2. The highest BCUT2D eigenvalue weighted by molar-refractivity contribution is 7.99. The Kier molecular flexibility index (Phi) is 5.19. The summed E-state index contributed by atoms with van der Waals surface area (Å²) in [6, 6.07) is 11.6. The molecule has 0 spiro atoms. The number of hydrogen-bond donors (Lipinski definition) is 2. The molecule has 7 nitrogen and oxygen atoms in total. The highest BCUT2D eigenvalue weighted by Gasteiger charge is 2.15. The maximum atomic E-state index is 12.9. The van der Waals surface area contributed by atoms with Gasteiger partial charge in [0, 0.05) is 22.7 Å². The van der Waals surface area contributed by atoms with Crippen LogP contribution in [0.15, 0.2) is 57.0 Å². The van der Waals surface area contributed by atoms with Crippen LogP contribution in [0, 0.1) is 0 Å². The monoisotopic (exact) mass is 383 g/mol. The summed E-state index contributed by atoms with van der Waals surface area (Å²) in [4.78, 5) is 16.1. The fourth-order valence-corrected chi connectivity index (χ4v) is 3.47. The number of nitrogens with one attached hydrogen (secondary N) is 1. The van der Waals surface area contributed by atoms with Gasteiger partial charge in [-0.05, 0) is 11.5 Å². The maximum absolute atomic E-state index is 12.9. The number of pyridine rings is 1. The molecule has 0 bridgehead atoms. The third-order valence-corrected chi connectivity index (χ3v) is 4.89. The molecular weight excluding hydrogens is 366 g/mol. The normalized spacial score (nSPS) is 11.4. The first-order valence-corrected chi connectivity index (χ1v) is 9.45. The average molecular weight is 383 g/mol. The van der Waals surface area contributed by atoms with Crippen molar-refractivity contribution in [1.82, 2.24) is 15.2 Å². The third-order valence-electron chi connectivity index (χ3n) is 4.10. The van der Waals surface area contributed by atoms with Crippen LogP contribution in [0.25, 0.3) is 33.1 Å². The van der Waals surface area contributed by atoms with Crippen molar-refractivity contribution in [2.75, 3.05) is 25.6 Å². The van der Waals surface area contributed by atoms with Gasteiger partial charge in [-0.3, -0.25) is 4.79 Å². The zero-order chi connectivity index (χ0) is 18.6. The van der Waals surface area contributed by atoms with Crippen molar-refractivity contribution in [3.05, 3.63) is 52.8 Å². The first-order chi connectivity index (χ1) is 13.3. The molecule has 0 fully saturated rings. The van der Waals surface area contributed by atoms with Crippen LogP contribution < -0.4 is 5.43 Å². The Balaban J connectivity index is 1.62. The molecule has 138 valence electrons. The lowest BCUT2D eigenvalue weighted by atomic mass is 10.0. The first-order valence-electron chi connectivity index (χ1n) is 8.46. The minimum atomic E-state index is -0.152. The number of fused-ring (bicyclic) bond motifs is 3. The molecule has 2 aromatic carbocycles. The minimum absolute atomic E-state index is 0.00456. The van der Waals surface area contributed by atoms with E-state index in [4.69, 9.17) is 14.3 Å². The summed E-state index contributed by atoms with van der Waals surface area (Å²) in [6.45, 7) is 0.763. The lowest BCUT2D eigenvalue weighted by molar-refractivity contribution is 0.103. The fourth-order valence-electron chi connectivity index (χ4n) is 2.86. The molecule has 0 unspecified atom stereocenters. The quantitative estimate of drug-likeness (QED) is 0.287. The van der Waals surface area contributed by atoms with Crippen molar-refractivity contribution in [3.63, 3.8) is 0 Å². The fraction of sp³-hybridized carbons (Fsp3) is 0.211. The van der Waals surface area contributed by atoms with Gasteiger partial charge in [-0.2, -0.15) is 0 Å². The van der Waals surface area contributed by atoms with Crippen molar-refractivity contribution < 1.29 is 14.3 Å². The SMILES string of the molecule is O=c1c(-c2nnc(SCCOCCO)o2)c[nH]c2c1ccc1ccccc12. The van der Waals surface area contributed by atoms with E-state index in [1.807, 2.05) is 36.4 Å². The molecule has 8 heteroatoms. The van der Waals surface area contributed by atoms with Gasteiger partial charge in [0.1, 0.15) is 5.56 Å². The van der Waals surface area contributed by atoms with E-state index in [0.717, 1.165) is 16.3 Å². The van der Waals surface area contributed by atoms with Gasteiger partial charge >= 0.3 is 0 Å². The molecule has 0 atom stereocenters. The van der Waals surface area contributed by atoms with Gasteiger partial charge in [-0.1, -0.05) is 42.1 Å². The molecule has 0 aliphatic carbocycles. The molecule has 0 aliphatic rings. The van der Waals surface area contributed by atoms with Crippen LogP contribution in [-0.4, -0.2) is 45.9 Å². The summed E-state index contributed by atoms with van der Waals surface area (Å²) >= 11 is 1.34. The summed E-state index contributed by atoms with van der Waals surface area (Å²) in [6.07, 6.45) is 1.61. The molecular formula is C19H17N3O4S. The largest absolute Gasteiger partial charge is 0.411 e. The van der Waals surface area contributed by atoms with Crippen molar-refractivity contribution in [3.8, 4) is 11.5 Å². The second kappa shape index (κ2) is 7.91. The molecule has 2 aromatic heterocycles. The van der Waals surface area contributed by atoms with E-state index >= 15 is 0 Å². The van der Waals surface area contributed by atoms with Crippen LogP contribution in [0.4, 0.5) is 0 Å². The number of benzene rings is 2. The molecule has 0 aliphatic heterocycles. The predicted octanol–water partition coefficient (Wildman–Crippen LogP) is 2.83. The van der Waals surface area contributed by atoms with Crippen molar-refractivity contribution >= 4 is 33.4 Å². The van der Waals surface area contributed by atoms with Crippen LogP contribution in [0.2, 0.25) is 0 Å². The minimum Gasteiger partial charge on any atom is -0.411 e. The molecule has 0 amide bonds. The summed E-state index contributed by atoms with van der Waals surface area (Å²) in [5.41, 5.74) is 0.978. The number of hydrogen-bond acceptors (Lipinski definition) is 7. The van der Waals surface area contributed by atoms with Crippen LogP contribution in [0.3, 0.4) is 0 Å². The van der Waals surface area contributed by atoms with Crippen LogP contribution in [0.5, 0.6) is 0 Å². The number of nitrogens with zero attached hydrogens (tertiary/aromatic N) is 2. The van der Waals surface area contributed by atoms with Gasteiger partial charge in [-0.25, -0.2) is 0 Å². The molecule has 4 aromatic rings. The summed E-state index contributed by atoms with van der Waals surface area (Å²) in [5, 5.41) is 19.6. The molecule has 2 N–H and O–H groups in total. The third kappa shape index (κ3) is 3.59. The number of ether oxygens (including phenoxy) is 1. The zero-order valence-electron chi connectivity index (χ0n) is 14.3. The van der Waals surface area contributed by atoms with E-state index < -0.39 is 0 Å². The van der Waals surface area contributed by atoms with Gasteiger partial charge in [0.25, 0.3) is 11.1 Å². The van der Waals surface area contributed by atoms with E-state index in [1.165, 1.54) is 11.8 Å². The van der Waals surface area contributed by atoms with Crippen molar-refractivity contribution in [2.45, 2.75) is 5.22 Å². The van der Waals surface area contributed by atoms with Gasteiger partial charge in [0.15, 0.2) is 0 Å². The van der Waals surface area contributed by atoms with E-state index in [1.54, 1.807) is 6.20 Å². The van der Waals surface area contributed by atoms with Gasteiger partial charge < -0.3 is 19.2 Å².